The molecule has 17 heavy (non-hydrogen) atoms. The Balaban J connectivity index is 1.95. The van der Waals surface area contributed by atoms with Crippen molar-refractivity contribution < 1.29 is 5.11 Å². The van der Waals surface area contributed by atoms with E-state index in [2.05, 4.69) is 13.0 Å². The van der Waals surface area contributed by atoms with Crippen LogP contribution in [0.5, 0.6) is 5.75 Å². The number of unbranched alkanes of at least 4 members (excludes halogenated alkanes) is 3. The Morgan fingerprint density at radius 3 is 2.82 bits per heavy atom. The Hall–Kier alpha value is -1.24. The van der Waals surface area contributed by atoms with Crippen molar-refractivity contribution in [3.05, 3.63) is 34.9 Å². The molecule has 0 spiro atoms. The molecule has 1 nitrogen and oxygen atoms in total. The normalized spacial score (nSPS) is 14.3. The fourth-order valence-electron chi connectivity index (χ4n) is 2.51. The van der Waals surface area contributed by atoms with E-state index < -0.39 is 0 Å². The Labute approximate surface area is 104 Å². The van der Waals surface area contributed by atoms with Gasteiger partial charge in [0.25, 0.3) is 0 Å². The third kappa shape index (κ3) is 3.36. The lowest BCUT2D eigenvalue weighted by Gasteiger charge is -2.16. The fraction of sp³-hybridized carbons (Fsp3) is 0.500. The lowest BCUT2D eigenvalue weighted by molar-refractivity contribution is 0.474. The molecule has 2 rings (SSSR count). The molecule has 1 heteroatoms. The molecule has 0 radical (unpaired) electrons. The SMILES string of the molecule is CCCCCCC1=Cc2ccc(O)cc2CC1. The van der Waals surface area contributed by atoms with Crippen molar-refractivity contribution in [3.63, 3.8) is 0 Å². The molecule has 0 saturated carbocycles. The van der Waals surface area contributed by atoms with Crippen molar-refractivity contribution in [2.45, 2.75) is 51.9 Å². The highest BCUT2D eigenvalue weighted by Gasteiger charge is 2.10. The van der Waals surface area contributed by atoms with Gasteiger partial charge in [-0.2, -0.15) is 0 Å². The largest absolute Gasteiger partial charge is 0.508 e. The molecule has 1 aromatic rings. The van der Waals surface area contributed by atoms with Gasteiger partial charge in [0.05, 0.1) is 0 Å². The smallest absolute Gasteiger partial charge is 0.115 e. The zero-order chi connectivity index (χ0) is 12.1. The predicted molar refractivity (Wildman–Crippen MR) is 73.2 cm³/mol. The van der Waals surface area contributed by atoms with E-state index in [1.807, 2.05) is 12.1 Å². The molecule has 0 unspecified atom stereocenters. The van der Waals surface area contributed by atoms with Crippen LogP contribution in [0.3, 0.4) is 0 Å². The Bertz CT molecular complexity index is 404. The van der Waals surface area contributed by atoms with E-state index in [9.17, 15) is 5.11 Å². The van der Waals surface area contributed by atoms with Crippen LogP contribution in [0.25, 0.3) is 6.08 Å². The molecule has 1 aliphatic rings. The summed E-state index contributed by atoms with van der Waals surface area (Å²) in [7, 11) is 0. The Morgan fingerprint density at radius 1 is 1.12 bits per heavy atom. The first kappa shape index (κ1) is 12.2. The molecule has 0 aromatic heterocycles. The van der Waals surface area contributed by atoms with Gasteiger partial charge in [0.15, 0.2) is 0 Å². The number of hydrogen-bond donors (Lipinski definition) is 1. The lowest BCUT2D eigenvalue weighted by atomic mass is 9.89. The van der Waals surface area contributed by atoms with Crippen LogP contribution in [0.4, 0.5) is 0 Å². The van der Waals surface area contributed by atoms with Crippen molar-refractivity contribution in [2.75, 3.05) is 0 Å². The van der Waals surface area contributed by atoms with Gasteiger partial charge in [-0.05, 0) is 48.9 Å². The van der Waals surface area contributed by atoms with Gasteiger partial charge in [0.1, 0.15) is 5.75 Å². The monoisotopic (exact) mass is 230 g/mol. The molecule has 0 saturated heterocycles. The minimum Gasteiger partial charge on any atom is -0.508 e. The minimum atomic E-state index is 0.392. The van der Waals surface area contributed by atoms with Crippen molar-refractivity contribution in [2.24, 2.45) is 0 Å². The first-order valence-electron chi connectivity index (χ1n) is 6.81. The summed E-state index contributed by atoms with van der Waals surface area (Å²) in [6, 6.07) is 5.73. The van der Waals surface area contributed by atoms with Gasteiger partial charge in [-0.1, -0.05) is 43.9 Å². The number of rotatable bonds is 5. The molecule has 1 N–H and O–H groups in total. The second-order valence-corrected chi connectivity index (χ2v) is 5.00. The van der Waals surface area contributed by atoms with Crippen molar-refractivity contribution in [1.82, 2.24) is 0 Å². The summed E-state index contributed by atoms with van der Waals surface area (Å²) < 4.78 is 0. The fourth-order valence-corrected chi connectivity index (χ4v) is 2.51. The molecule has 0 bridgehead atoms. The number of aromatic hydroxyl groups is 1. The number of aryl methyl sites for hydroxylation is 1. The Kier molecular flexibility index (Phi) is 4.24. The first-order chi connectivity index (χ1) is 8.29. The molecule has 1 aromatic carbocycles. The van der Waals surface area contributed by atoms with Crippen LogP contribution in [-0.4, -0.2) is 5.11 Å². The maximum absolute atomic E-state index is 9.43. The van der Waals surface area contributed by atoms with Gasteiger partial charge in [0.2, 0.25) is 0 Å². The van der Waals surface area contributed by atoms with Crippen LogP contribution in [0, 0.1) is 0 Å². The average Bonchev–Trinajstić information content (AvgIpc) is 2.35. The summed E-state index contributed by atoms with van der Waals surface area (Å²) in [5.74, 6) is 0.392. The van der Waals surface area contributed by atoms with Crippen molar-refractivity contribution in [3.8, 4) is 5.75 Å². The van der Waals surface area contributed by atoms with E-state index in [1.165, 1.54) is 49.7 Å². The van der Waals surface area contributed by atoms with Gasteiger partial charge >= 0.3 is 0 Å². The zero-order valence-electron chi connectivity index (χ0n) is 10.7. The van der Waals surface area contributed by atoms with E-state index in [0.717, 1.165) is 6.42 Å². The molecule has 0 fully saturated rings. The first-order valence-corrected chi connectivity index (χ1v) is 6.81. The highest BCUT2D eigenvalue weighted by atomic mass is 16.3. The average molecular weight is 230 g/mol. The predicted octanol–water partition coefficient (Wildman–Crippen LogP) is 4.69. The second kappa shape index (κ2) is 5.90. The lowest BCUT2D eigenvalue weighted by Crippen LogP contribution is -1.99. The van der Waals surface area contributed by atoms with Crippen molar-refractivity contribution >= 4 is 6.08 Å². The Morgan fingerprint density at radius 2 is 2.00 bits per heavy atom. The van der Waals surface area contributed by atoms with E-state index in [1.54, 1.807) is 11.6 Å². The summed E-state index contributed by atoms with van der Waals surface area (Å²) in [5.41, 5.74) is 4.18. The summed E-state index contributed by atoms with van der Waals surface area (Å²) >= 11 is 0. The van der Waals surface area contributed by atoms with Crippen LogP contribution in [0.15, 0.2) is 23.8 Å². The molecular formula is C16H22O. The van der Waals surface area contributed by atoms with Gasteiger partial charge in [-0.15, -0.1) is 0 Å². The van der Waals surface area contributed by atoms with Crippen molar-refractivity contribution in [1.29, 1.82) is 0 Å². The quantitative estimate of drug-likeness (QED) is 0.727. The summed E-state index contributed by atoms with van der Waals surface area (Å²) in [4.78, 5) is 0. The zero-order valence-corrected chi connectivity index (χ0v) is 10.7. The van der Waals surface area contributed by atoms with E-state index in [0.29, 0.717) is 5.75 Å². The summed E-state index contributed by atoms with van der Waals surface area (Å²) in [6.07, 6.45) is 11.2. The molecule has 92 valence electrons. The van der Waals surface area contributed by atoms with Crippen LogP contribution in [-0.2, 0) is 6.42 Å². The van der Waals surface area contributed by atoms with E-state index in [4.69, 9.17) is 0 Å². The topological polar surface area (TPSA) is 20.2 Å². The number of hydrogen-bond acceptors (Lipinski definition) is 1. The molecule has 0 heterocycles. The molecule has 0 aliphatic heterocycles. The van der Waals surface area contributed by atoms with Gasteiger partial charge in [-0.3, -0.25) is 0 Å². The number of phenolic OH excluding ortho intramolecular Hbond substituents is 1. The van der Waals surface area contributed by atoms with Crippen LogP contribution < -0.4 is 0 Å². The standard InChI is InChI=1S/C16H22O/c1-2-3-4-5-6-13-7-8-15-12-16(17)10-9-14(15)11-13/h9-12,17H,2-8H2,1H3. The maximum Gasteiger partial charge on any atom is 0.115 e. The van der Waals surface area contributed by atoms with Gasteiger partial charge in [-0.25, -0.2) is 0 Å². The molecule has 1 aliphatic carbocycles. The number of fused-ring (bicyclic) bond motifs is 1. The number of benzene rings is 1. The molecule has 0 amide bonds. The molecular weight excluding hydrogens is 208 g/mol. The summed E-state index contributed by atoms with van der Waals surface area (Å²) in [6.45, 7) is 2.25. The van der Waals surface area contributed by atoms with Gasteiger partial charge < -0.3 is 5.11 Å². The van der Waals surface area contributed by atoms with Crippen LogP contribution >= 0.6 is 0 Å². The van der Waals surface area contributed by atoms with Gasteiger partial charge in [0, 0.05) is 0 Å². The number of allylic oxidation sites excluding steroid dienone is 1. The number of phenols is 1. The van der Waals surface area contributed by atoms with Crippen LogP contribution in [0.2, 0.25) is 0 Å². The second-order valence-electron chi connectivity index (χ2n) is 5.00. The van der Waals surface area contributed by atoms with E-state index in [-0.39, 0.29) is 0 Å². The minimum absolute atomic E-state index is 0.392. The third-order valence-electron chi connectivity index (χ3n) is 3.55. The summed E-state index contributed by atoms with van der Waals surface area (Å²) in [5, 5.41) is 9.43. The third-order valence-corrected chi connectivity index (χ3v) is 3.55. The maximum atomic E-state index is 9.43. The highest BCUT2D eigenvalue weighted by Crippen LogP contribution is 2.29. The molecule has 0 atom stereocenters. The van der Waals surface area contributed by atoms with E-state index >= 15 is 0 Å². The highest BCUT2D eigenvalue weighted by molar-refractivity contribution is 5.60. The van der Waals surface area contributed by atoms with Crippen LogP contribution in [0.1, 0.15) is 56.6 Å².